The quantitative estimate of drug-likeness (QED) is 0.348. The molecule has 1 fully saturated rings. The molecule has 9 nitrogen and oxygen atoms in total. The van der Waals surface area contributed by atoms with E-state index in [1.165, 1.54) is 5.01 Å². The number of aliphatic hydroxyl groups is 2. The van der Waals surface area contributed by atoms with Crippen LogP contribution in [-0.4, -0.2) is 57.7 Å². The first-order valence-corrected chi connectivity index (χ1v) is 15.6. The van der Waals surface area contributed by atoms with Gasteiger partial charge in [0.25, 0.3) is 5.91 Å². The third-order valence-electron chi connectivity index (χ3n) is 9.10. The molecule has 3 amide bonds. The Labute approximate surface area is 263 Å². The number of hydrogen-bond acceptors (Lipinski definition) is 6. The topological polar surface area (TPSA) is 114 Å². The molecular weight excluding hydrogens is 568 g/mol. The van der Waals surface area contributed by atoms with Crippen molar-refractivity contribution in [3.8, 4) is 0 Å². The number of hydrogen-bond donors (Lipinski definition) is 2. The summed E-state index contributed by atoms with van der Waals surface area (Å²) in [6, 6.07) is 24.3. The summed E-state index contributed by atoms with van der Waals surface area (Å²) in [6.07, 6.45) is 5.95. The van der Waals surface area contributed by atoms with E-state index in [-0.39, 0.29) is 43.8 Å². The molecule has 3 aromatic carbocycles. The average Bonchev–Trinajstić information content (AvgIpc) is 3.64. The van der Waals surface area contributed by atoms with Gasteiger partial charge >= 0.3 is 0 Å². The normalized spacial score (nSPS) is 22.2. The van der Waals surface area contributed by atoms with Gasteiger partial charge in [0.05, 0.1) is 36.3 Å². The van der Waals surface area contributed by atoms with Crippen LogP contribution in [0, 0.1) is 5.92 Å². The number of hydrazone groups is 1. The van der Waals surface area contributed by atoms with Crippen molar-refractivity contribution in [2.45, 2.75) is 57.2 Å². The van der Waals surface area contributed by atoms with Gasteiger partial charge in [0.1, 0.15) is 0 Å². The fourth-order valence-corrected chi connectivity index (χ4v) is 6.57. The van der Waals surface area contributed by atoms with Gasteiger partial charge < -0.3 is 20.0 Å². The molecule has 3 atom stereocenters. The summed E-state index contributed by atoms with van der Waals surface area (Å²) >= 11 is 0. The lowest BCUT2D eigenvalue weighted by Crippen LogP contribution is -2.44. The maximum absolute atomic E-state index is 14.1. The van der Waals surface area contributed by atoms with Crippen LogP contribution in [0.5, 0.6) is 0 Å². The molecule has 3 aromatic rings. The molecule has 0 saturated carbocycles. The molecule has 45 heavy (non-hydrogen) atoms. The number of amides is 3. The third-order valence-corrected chi connectivity index (χ3v) is 9.10. The number of carbonyl (C=O) groups is 3. The highest BCUT2D eigenvalue weighted by molar-refractivity contribution is 6.10. The van der Waals surface area contributed by atoms with E-state index >= 15 is 0 Å². The monoisotopic (exact) mass is 606 g/mol. The number of carbonyl (C=O) groups excluding carboxylic acids is 3. The van der Waals surface area contributed by atoms with Gasteiger partial charge in [-0.25, -0.2) is 5.01 Å². The van der Waals surface area contributed by atoms with Crippen LogP contribution < -0.4 is 9.91 Å². The molecule has 3 aliphatic heterocycles. The van der Waals surface area contributed by atoms with Crippen LogP contribution in [0.1, 0.15) is 55.7 Å². The maximum Gasteiger partial charge on any atom is 0.264 e. The molecule has 0 bridgehead atoms. The van der Waals surface area contributed by atoms with Crippen LogP contribution in [0.15, 0.2) is 96.1 Å². The van der Waals surface area contributed by atoms with Gasteiger partial charge in [0.15, 0.2) is 5.60 Å². The highest BCUT2D eigenvalue weighted by Crippen LogP contribution is 2.47. The van der Waals surface area contributed by atoms with E-state index in [4.69, 9.17) is 5.10 Å². The fourth-order valence-electron chi connectivity index (χ4n) is 6.57. The Kier molecular flexibility index (Phi) is 8.65. The molecule has 0 unspecified atom stereocenters. The zero-order valence-corrected chi connectivity index (χ0v) is 25.4. The fraction of sp³-hybridized carbons (Fsp3) is 0.333. The minimum atomic E-state index is -1.94. The lowest BCUT2D eigenvalue weighted by molar-refractivity contribution is -0.139. The van der Waals surface area contributed by atoms with Gasteiger partial charge in [-0.05, 0) is 42.2 Å². The van der Waals surface area contributed by atoms with Crippen molar-refractivity contribution in [1.82, 2.24) is 4.90 Å². The molecule has 6 rings (SSSR count). The number of benzene rings is 3. The van der Waals surface area contributed by atoms with Gasteiger partial charge in [0.2, 0.25) is 11.8 Å². The van der Waals surface area contributed by atoms with Gasteiger partial charge in [-0.2, -0.15) is 5.10 Å². The van der Waals surface area contributed by atoms with Gasteiger partial charge in [-0.3, -0.25) is 14.4 Å². The lowest BCUT2D eigenvalue weighted by atomic mass is 9.82. The van der Waals surface area contributed by atoms with Gasteiger partial charge in [0, 0.05) is 37.3 Å². The van der Waals surface area contributed by atoms with Crippen LogP contribution in [0.3, 0.4) is 0 Å². The number of rotatable bonds is 9. The summed E-state index contributed by atoms with van der Waals surface area (Å²) in [5, 5.41) is 28.0. The van der Waals surface area contributed by atoms with Crippen molar-refractivity contribution in [1.29, 1.82) is 0 Å². The van der Waals surface area contributed by atoms with Crippen molar-refractivity contribution in [3.63, 3.8) is 0 Å². The van der Waals surface area contributed by atoms with Crippen LogP contribution in [0.2, 0.25) is 0 Å². The van der Waals surface area contributed by atoms with Gasteiger partial charge in [-0.15, -0.1) is 0 Å². The molecule has 232 valence electrons. The number of fused-ring (bicyclic) bond motifs is 1. The summed E-state index contributed by atoms with van der Waals surface area (Å²) in [6.45, 7) is 2.57. The predicted octanol–water partition coefficient (Wildman–Crippen LogP) is 4.52. The number of aliphatic hydroxyl groups excluding tert-OH is 1. The summed E-state index contributed by atoms with van der Waals surface area (Å²) in [5.74, 6) is -1.43. The lowest BCUT2D eigenvalue weighted by Gasteiger charge is -2.29. The summed E-state index contributed by atoms with van der Waals surface area (Å²) in [5.41, 5.74) is 2.11. The smallest absolute Gasteiger partial charge is 0.264 e. The molecule has 2 N–H and O–H groups in total. The van der Waals surface area contributed by atoms with Gasteiger partial charge in [-0.1, -0.05) is 79.7 Å². The van der Waals surface area contributed by atoms with Crippen molar-refractivity contribution >= 4 is 34.8 Å². The van der Waals surface area contributed by atoms with E-state index in [0.717, 1.165) is 29.7 Å². The third kappa shape index (κ3) is 5.81. The molecule has 0 radical (unpaired) electrons. The van der Waals surface area contributed by atoms with Crippen LogP contribution >= 0.6 is 0 Å². The van der Waals surface area contributed by atoms with Crippen molar-refractivity contribution in [2.24, 2.45) is 11.0 Å². The molecule has 9 heteroatoms. The molecule has 0 aliphatic carbocycles. The number of anilines is 2. The second kappa shape index (κ2) is 12.8. The first kappa shape index (κ1) is 30.4. The molecular formula is C36H38N4O5. The molecule has 3 heterocycles. The Bertz CT molecular complexity index is 1640. The van der Waals surface area contributed by atoms with E-state index < -0.39 is 17.4 Å². The number of nitrogens with zero attached hydrogens (tertiary/aromatic N) is 4. The summed E-state index contributed by atoms with van der Waals surface area (Å²) in [4.78, 5) is 43.4. The largest absolute Gasteiger partial charge is 0.394 e. The highest BCUT2D eigenvalue weighted by atomic mass is 16.3. The number of likely N-dealkylation sites (tertiary alicyclic amines) is 1. The summed E-state index contributed by atoms with van der Waals surface area (Å²) in [7, 11) is 0. The van der Waals surface area contributed by atoms with E-state index in [0.29, 0.717) is 29.9 Å². The Balaban J connectivity index is 1.33. The Morgan fingerprint density at radius 3 is 2.51 bits per heavy atom. The minimum Gasteiger partial charge on any atom is -0.394 e. The first-order chi connectivity index (χ1) is 21.8. The zero-order chi connectivity index (χ0) is 31.6. The first-order valence-electron chi connectivity index (χ1n) is 15.6. The standard InChI is InChI=1S/C36H38N4O5/c1-25(10-8-16-33(42)38-21-9-15-29(38)24-41)36(45)30-22-28(40-34(43)20-18-31(37-40)27-13-6-3-7-14-27)17-19-32(30)39(35(36)44)23-26-11-4-2-5-12-26/h2-8,10-14,17,19,22,25,29,41,45H,9,15-16,18,20-21,23-24H2,1H3/b10-8+/t25-,29-,36+/m0/s1. The summed E-state index contributed by atoms with van der Waals surface area (Å²) < 4.78 is 0. The van der Waals surface area contributed by atoms with Crippen molar-refractivity contribution in [3.05, 3.63) is 108 Å². The molecule has 0 aromatic heterocycles. The predicted molar refractivity (Wildman–Crippen MR) is 172 cm³/mol. The van der Waals surface area contributed by atoms with E-state index in [1.54, 1.807) is 47.1 Å². The van der Waals surface area contributed by atoms with E-state index in [1.807, 2.05) is 60.7 Å². The van der Waals surface area contributed by atoms with Crippen molar-refractivity contribution < 1.29 is 24.6 Å². The highest BCUT2D eigenvalue weighted by Gasteiger charge is 2.53. The minimum absolute atomic E-state index is 0.0626. The van der Waals surface area contributed by atoms with Crippen LogP contribution in [0.25, 0.3) is 0 Å². The van der Waals surface area contributed by atoms with Crippen LogP contribution in [-0.2, 0) is 26.5 Å². The average molecular weight is 607 g/mol. The van der Waals surface area contributed by atoms with Crippen LogP contribution in [0.4, 0.5) is 11.4 Å². The second-order valence-corrected chi connectivity index (χ2v) is 11.9. The van der Waals surface area contributed by atoms with E-state index in [9.17, 15) is 24.6 Å². The maximum atomic E-state index is 14.1. The van der Waals surface area contributed by atoms with E-state index in [2.05, 4.69) is 0 Å². The molecule has 0 spiro atoms. The zero-order valence-electron chi connectivity index (χ0n) is 25.4. The Morgan fingerprint density at radius 2 is 1.78 bits per heavy atom. The van der Waals surface area contributed by atoms with Crippen molar-refractivity contribution in [2.75, 3.05) is 23.1 Å². The Morgan fingerprint density at radius 1 is 1.04 bits per heavy atom. The SMILES string of the molecule is C[C@@H](/C=C/CC(=O)N1CCC[C@H]1CO)[C@]1(O)C(=O)N(Cc2ccccc2)c2ccc(N3N=C(c4ccccc4)CCC3=O)cc21. The molecule has 3 aliphatic rings. The molecule has 1 saturated heterocycles. The second-order valence-electron chi connectivity index (χ2n) is 11.9. The Hall–Kier alpha value is -4.60.